The normalized spacial score (nSPS) is 13.8. The van der Waals surface area contributed by atoms with E-state index in [-0.39, 0.29) is 18.2 Å². The van der Waals surface area contributed by atoms with Crippen molar-refractivity contribution in [2.75, 3.05) is 6.54 Å². The molecule has 0 aliphatic carbocycles. The molecular weight excluding hydrogens is 278 g/mol. The lowest BCUT2D eigenvalue weighted by Gasteiger charge is -2.20. The SMILES string of the molecule is CC(=O)c1csc(C(=O)NCC(C)(O)c2ccco2)c1. The summed E-state index contributed by atoms with van der Waals surface area (Å²) in [5.74, 6) is -0.0226. The molecule has 2 aromatic rings. The molecule has 106 valence electrons. The minimum Gasteiger partial charge on any atom is -0.466 e. The number of rotatable bonds is 5. The maximum Gasteiger partial charge on any atom is 0.261 e. The molecule has 0 aliphatic rings. The van der Waals surface area contributed by atoms with Crippen molar-refractivity contribution in [1.29, 1.82) is 0 Å². The van der Waals surface area contributed by atoms with Gasteiger partial charge >= 0.3 is 0 Å². The molecule has 0 radical (unpaired) electrons. The summed E-state index contributed by atoms with van der Waals surface area (Å²) in [6.07, 6.45) is 1.46. The van der Waals surface area contributed by atoms with Gasteiger partial charge in [-0.1, -0.05) is 0 Å². The number of Topliss-reactive ketones (excluding diaryl/α,β-unsaturated/α-hetero) is 1. The molecule has 2 N–H and O–H groups in total. The average Bonchev–Trinajstić information content (AvgIpc) is 3.06. The van der Waals surface area contributed by atoms with Gasteiger partial charge in [0.05, 0.1) is 17.7 Å². The van der Waals surface area contributed by atoms with Crippen molar-refractivity contribution in [1.82, 2.24) is 5.32 Å². The highest BCUT2D eigenvalue weighted by atomic mass is 32.1. The van der Waals surface area contributed by atoms with Crippen LogP contribution in [0.2, 0.25) is 0 Å². The van der Waals surface area contributed by atoms with Crippen LogP contribution in [0.1, 0.15) is 39.6 Å². The van der Waals surface area contributed by atoms with Crippen molar-refractivity contribution < 1.29 is 19.1 Å². The number of thiophene rings is 1. The van der Waals surface area contributed by atoms with Gasteiger partial charge in [0, 0.05) is 10.9 Å². The van der Waals surface area contributed by atoms with Crippen LogP contribution < -0.4 is 5.32 Å². The number of furan rings is 1. The van der Waals surface area contributed by atoms with E-state index in [0.29, 0.717) is 16.2 Å². The van der Waals surface area contributed by atoms with Crippen LogP contribution in [0.15, 0.2) is 34.3 Å². The van der Waals surface area contributed by atoms with Crippen LogP contribution in [0.3, 0.4) is 0 Å². The number of amides is 1. The molecule has 0 aliphatic heterocycles. The van der Waals surface area contributed by atoms with Crippen molar-refractivity contribution in [3.05, 3.63) is 46.0 Å². The molecule has 0 aromatic carbocycles. The second kappa shape index (κ2) is 5.60. The molecule has 5 nitrogen and oxygen atoms in total. The lowest BCUT2D eigenvalue weighted by Crippen LogP contribution is -2.38. The van der Waals surface area contributed by atoms with E-state index in [0.717, 1.165) is 0 Å². The number of aliphatic hydroxyl groups is 1. The van der Waals surface area contributed by atoms with Crippen LogP contribution in [0.4, 0.5) is 0 Å². The van der Waals surface area contributed by atoms with E-state index in [2.05, 4.69) is 5.32 Å². The second-order valence-electron chi connectivity index (χ2n) is 4.69. The Kier molecular flexibility index (Phi) is 4.06. The Hall–Kier alpha value is -1.92. The van der Waals surface area contributed by atoms with Gasteiger partial charge in [0.25, 0.3) is 5.91 Å². The lowest BCUT2D eigenvalue weighted by atomic mass is 10.0. The van der Waals surface area contributed by atoms with E-state index < -0.39 is 5.60 Å². The topological polar surface area (TPSA) is 79.5 Å². The molecule has 0 bridgehead atoms. The molecule has 20 heavy (non-hydrogen) atoms. The Balaban J connectivity index is 1.99. The summed E-state index contributed by atoms with van der Waals surface area (Å²) >= 11 is 1.20. The van der Waals surface area contributed by atoms with Gasteiger partial charge in [-0.15, -0.1) is 11.3 Å². The number of nitrogens with one attached hydrogen (secondary N) is 1. The fourth-order valence-corrected chi connectivity index (χ4v) is 2.51. The van der Waals surface area contributed by atoms with Crippen molar-refractivity contribution in [3.63, 3.8) is 0 Å². The van der Waals surface area contributed by atoms with E-state index in [1.165, 1.54) is 24.5 Å². The van der Waals surface area contributed by atoms with E-state index in [1.54, 1.807) is 30.5 Å². The van der Waals surface area contributed by atoms with Crippen LogP contribution in [0, 0.1) is 0 Å². The molecule has 0 saturated heterocycles. The quantitative estimate of drug-likeness (QED) is 0.828. The Labute approximate surface area is 120 Å². The Morgan fingerprint density at radius 1 is 1.50 bits per heavy atom. The summed E-state index contributed by atoms with van der Waals surface area (Å²) in [7, 11) is 0. The van der Waals surface area contributed by atoms with Crippen LogP contribution >= 0.6 is 11.3 Å². The average molecular weight is 293 g/mol. The molecule has 2 aromatic heterocycles. The Morgan fingerprint density at radius 2 is 2.25 bits per heavy atom. The Bertz CT molecular complexity index is 613. The van der Waals surface area contributed by atoms with Gasteiger partial charge in [-0.3, -0.25) is 9.59 Å². The van der Waals surface area contributed by atoms with Gasteiger partial charge in [-0.25, -0.2) is 0 Å². The van der Waals surface area contributed by atoms with Gasteiger partial charge in [0.15, 0.2) is 5.78 Å². The minimum absolute atomic E-state index is 0.0205. The molecule has 2 rings (SSSR count). The predicted octanol–water partition coefficient (Wildman–Crippen LogP) is 2.18. The van der Waals surface area contributed by atoms with Crippen molar-refractivity contribution in [2.45, 2.75) is 19.4 Å². The van der Waals surface area contributed by atoms with E-state index in [9.17, 15) is 14.7 Å². The third-order valence-electron chi connectivity index (χ3n) is 2.87. The molecule has 0 spiro atoms. The highest BCUT2D eigenvalue weighted by Gasteiger charge is 2.27. The smallest absolute Gasteiger partial charge is 0.261 e. The first kappa shape index (κ1) is 14.5. The fourth-order valence-electron chi connectivity index (χ4n) is 1.65. The summed E-state index contributed by atoms with van der Waals surface area (Å²) in [5.41, 5.74) is -0.766. The van der Waals surface area contributed by atoms with E-state index in [1.807, 2.05) is 0 Å². The standard InChI is InChI=1S/C14H15NO4S/c1-9(16)10-6-11(20-7-10)13(17)15-8-14(2,18)12-4-3-5-19-12/h3-7,18H,8H2,1-2H3,(H,15,17). The maximum absolute atomic E-state index is 11.9. The van der Waals surface area contributed by atoms with Crippen molar-refractivity contribution >= 4 is 23.0 Å². The second-order valence-corrected chi connectivity index (χ2v) is 5.60. The highest BCUT2D eigenvalue weighted by Crippen LogP contribution is 2.20. The van der Waals surface area contributed by atoms with Crippen molar-refractivity contribution in [3.8, 4) is 0 Å². The third kappa shape index (κ3) is 3.15. The summed E-state index contributed by atoms with van der Waals surface area (Å²) in [6.45, 7) is 3.03. The molecule has 2 heterocycles. The number of carbonyl (C=O) groups excluding carboxylic acids is 2. The van der Waals surface area contributed by atoms with Crippen LogP contribution in [-0.4, -0.2) is 23.3 Å². The van der Waals surface area contributed by atoms with Crippen LogP contribution in [0.25, 0.3) is 0 Å². The number of hydrogen-bond donors (Lipinski definition) is 2. The zero-order valence-electron chi connectivity index (χ0n) is 11.2. The minimum atomic E-state index is -1.28. The molecule has 0 fully saturated rings. The number of hydrogen-bond acceptors (Lipinski definition) is 5. The summed E-state index contributed by atoms with van der Waals surface area (Å²) < 4.78 is 5.13. The molecule has 1 amide bonds. The first-order chi connectivity index (χ1) is 9.40. The number of ketones is 1. The van der Waals surface area contributed by atoms with Gasteiger partial charge in [0.2, 0.25) is 0 Å². The zero-order valence-corrected chi connectivity index (χ0v) is 12.0. The van der Waals surface area contributed by atoms with Gasteiger partial charge in [-0.05, 0) is 32.0 Å². The lowest BCUT2D eigenvalue weighted by molar-refractivity contribution is 0.0331. The first-order valence-electron chi connectivity index (χ1n) is 6.04. The monoisotopic (exact) mass is 293 g/mol. The summed E-state index contributed by atoms with van der Waals surface area (Å²) in [5, 5.41) is 14.5. The Morgan fingerprint density at radius 3 is 2.80 bits per heavy atom. The van der Waals surface area contributed by atoms with Gasteiger partial charge in [-0.2, -0.15) is 0 Å². The fraction of sp³-hybridized carbons (Fsp3) is 0.286. The zero-order chi connectivity index (χ0) is 14.8. The molecule has 1 atom stereocenters. The highest BCUT2D eigenvalue weighted by molar-refractivity contribution is 7.12. The van der Waals surface area contributed by atoms with E-state index >= 15 is 0 Å². The van der Waals surface area contributed by atoms with Crippen LogP contribution in [0.5, 0.6) is 0 Å². The molecule has 6 heteroatoms. The summed E-state index contributed by atoms with van der Waals surface area (Å²) in [6, 6.07) is 4.86. The van der Waals surface area contributed by atoms with Gasteiger partial charge < -0.3 is 14.8 Å². The molecular formula is C14H15NO4S. The van der Waals surface area contributed by atoms with E-state index in [4.69, 9.17) is 4.42 Å². The maximum atomic E-state index is 11.9. The molecule has 1 unspecified atom stereocenters. The largest absolute Gasteiger partial charge is 0.466 e. The first-order valence-corrected chi connectivity index (χ1v) is 6.92. The third-order valence-corrected chi connectivity index (χ3v) is 3.80. The van der Waals surface area contributed by atoms with Crippen molar-refractivity contribution in [2.24, 2.45) is 0 Å². The predicted molar refractivity (Wildman–Crippen MR) is 74.9 cm³/mol. The number of carbonyl (C=O) groups is 2. The van der Waals surface area contributed by atoms with Crippen LogP contribution in [-0.2, 0) is 5.60 Å². The molecule has 0 saturated carbocycles. The van der Waals surface area contributed by atoms with Gasteiger partial charge in [0.1, 0.15) is 11.4 Å². The summed E-state index contributed by atoms with van der Waals surface area (Å²) in [4.78, 5) is 23.6.